The molecule has 12 nitrogen and oxygen atoms in total. The van der Waals surface area contributed by atoms with Gasteiger partial charge in [0.25, 0.3) is 0 Å². The zero-order chi connectivity index (χ0) is 36.3. The van der Waals surface area contributed by atoms with Crippen molar-refractivity contribution >= 4 is 64.8 Å². The second kappa shape index (κ2) is 14.1. The Morgan fingerprint density at radius 1 is 0.462 bits per heavy atom. The molecule has 2 aromatic heterocycles. The minimum atomic E-state index is -4.09. The molecular formula is C38H28N6O6S2. The minimum absolute atomic E-state index is 0.0361. The van der Waals surface area contributed by atoms with Crippen LogP contribution in [0.2, 0.25) is 0 Å². The van der Waals surface area contributed by atoms with Gasteiger partial charge < -0.3 is 8.37 Å². The normalized spacial score (nSPS) is 12.2. The number of pyridine rings is 2. The zero-order valence-corrected chi connectivity index (χ0v) is 29.3. The lowest BCUT2D eigenvalue weighted by atomic mass is 10.2. The average Bonchev–Trinajstić information content (AvgIpc) is 3.15. The first-order valence-electron chi connectivity index (χ1n) is 15.8. The molecule has 0 aliphatic heterocycles. The standard InChI is InChI=1S/C38H28N6O6S2/c1-25-7-15-29(16-8-25)51(45,46)49-35-21-19-33(31-5-3-23-39-37(31)35)43-41-27-11-13-28(14-12-27)42-44-34-20-22-36(38-32(34)6-4-24-40-38)50-52(47,48)30-17-9-26(2)10-18-30/h3-24H,1-2H3. The molecule has 0 atom stereocenters. The van der Waals surface area contributed by atoms with Gasteiger partial charge in [-0.3, -0.25) is 9.97 Å². The van der Waals surface area contributed by atoms with Crippen LogP contribution in [0.3, 0.4) is 0 Å². The summed E-state index contributed by atoms with van der Waals surface area (Å²) in [5, 5.41) is 18.6. The quantitative estimate of drug-likeness (QED) is 0.0993. The Morgan fingerprint density at radius 3 is 1.23 bits per heavy atom. The van der Waals surface area contributed by atoms with Gasteiger partial charge in [-0.2, -0.15) is 27.1 Å². The number of fused-ring (bicyclic) bond motifs is 2. The Morgan fingerprint density at radius 2 is 0.846 bits per heavy atom. The fourth-order valence-electron chi connectivity index (χ4n) is 5.12. The van der Waals surface area contributed by atoms with Crippen LogP contribution in [-0.4, -0.2) is 26.8 Å². The molecule has 0 aliphatic rings. The van der Waals surface area contributed by atoms with Crippen LogP contribution in [-0.2, 0) is 20.2 Å². The number of benzene rings is 5. The van der Waals surface area contributed by atoms with Gasteiger partial charge in [-0.15, -0.1) is 10.2 Å². The maximum atomic E-state index is 12.9. The summed E-state index contributed by atoms with van der Waals surface area (Å²) in [5.74, 6) is 0.144. The molecule has 0 fully saturated rings. The highest BCUT2D eigenvalue weighted by Crippen LogP contribution is 2.36. The Kier molecular flexibility index (Phi) is 9.24. The van der Waals surface area contributed by atoms with E-state index in [-0.39, 0.29) is 21.3 Å². The van der Waals surface area contributed by atoms with Crippen molar-refractivity contribution in [3.8, 4) is 11.5 Å². The first-order valence-corrected chi connectivity index (χ1v) is 18.6. The number of rotatable bonds is 10. The van der Waals surface area contributed by atoms with E-state index in [0.29, 0.717) is 44.6 Å². The molecule has 0 aliphatic carbocycles. The van der Waals surface area contributed by atoms with E-state index in [1.54, 1.807) is 97.3 Å². The van der Waals surface area contributed by atoms with Crippen molar-refractivity contribution in [3.05, 3.63) is 145 Å². The highest BCUT2D eigenvalue weighted by Gasteiger charge is 2.21. The zero-order valence-electron chi connectivity index (χ0n) is 27.7. The third-order valence-electron chi connectivity index (χ3n) is 7.83. The highest BCUT2D eigenvalue weighted by atomic mass is 32.2. The van der Waals surface area contributed by atoms with E-state index in [0.717, 1.165) is 11.1 Å². The van der Waals surface area contributed by atoms with Gasteiger partial charge in [-0.25, -0.2) is 0 Å². The molecule has 14 heteroatoms. The molecule has 0 bridgehead atoms. The Balaban J connectivity index is 1.08. The molecule has 0 spiro atoms. The first-order chi connectivity index (χ1) is 25.1. The van der Waals surface area contributed by atoms with E-state index in [2.05, 4.69) is 30.4 Å². The van der Waals surface area contributed by atoms with Crippen LogP contribution in [0.4, 0.5) is 22.7 Å². The number of hydrogen-bond acceptors (Lipinski definition) is 12. The number of nitrogens with zero attached hydrogens (tertiary/aromatic N) is 6. The smallest absolute Gasteiger partial charge is 0.339 e. The Hall–Kier alpha value is -6.38. The summed E-state index contributed by atoms with van der Waals surface area (Å²) in [6.45, 7) is 3.74. The number of aryl methyl sites for hydroxylation is 2. The van der Waals surface area contributed by atoms with Crippen LogP contribution in [0.1, 0.15) is 11.1 Å². The van der Waals surface area contributed by atoms with Crippen LogP contribution in [0.15, 0.2) is 164 Å². The van der Waals surface area contributed by atoms with E-state index in [1.165, 1.54) is 36.4 Å². The molecule has 258 valence electrons. The fraction of sp³-hybridized carbons (Fsp3) is 0.0526. The fourth-order valence-corrected chi connectivity index (χ4v) is 7.00. The van der Waals surface area contributed by atoms with Gasteiger partial charge >= 0.3 is 20.2 Å². The van der Waals surface area contributed by atoms with E-state index in [9.17, 15) is 16.8 Å². The molecule has 0 saturated carbocycles. The topological polar surface area (TPSA) is 162 Å². The molecule has 7 rings (SSSR count). The van der Waals surface area contributed by atoms with Crippen LogP contribution in [0.25, 0.3) is 21.8 Å². The van der Waals surface area contributed by atoms with Gasteiger partial charge in [0, 0.05) is 23.2 Å². The first kappa shape index (κ1) is 34.1. The lowest BCUT2D eigenvalue weighted by Crippen LogP contribution is -2.10. The van der Waals surface area contributed by atoms with Crippen LogP contribution in [0, 0.1) is 13.8 Å². The lowest BCUT2D eigenvalue weighted by molar-refractivity contribution is 0.486. The molecule has 0 radical (unpaired) electrons. The summed E-state index contributed by atoms with van der Waals surface area (Å²) in [6.07, 6.45) is 3.08. The maximum Gasteiger partial charge on any atom is 0.339 e. The van der Waals surface area contributed by atoms with E-state index in [1.807, 2.05) is 13.8 Å². The largest absolute Gasteiger partial charge is 0.377 e. The van der Waals surface area contributed by atoms with E-state index in [4.69, 9.17) is 8.37 Å². The van der Waals surface area contributed by atoms with Crippen molar-refractivity contribution in [2.24, 2.45) is 20.5 Å². The van der Waals surface area contributed by atoms with Crippen molar-refractivity contribution in [3.63, 3.8) is 0 Å². The maximum absolute atomic E-state index is 12.9. The van der Waals surface area contributed by atoms with Crippen molar-refractivity contribution in [1.82, 2.24) is 9.97 Å². The number of aromatic nitrogens is 2. The number of hydrogen-bond donors (Lipinski definition) is 0. The summed E-state index contributed by atoms with van der Waals surface area (Å²) in [5.41, 5.74) is 4.49. The van der Waals surface area contributed by atoms with Gasteiger partial charge in [0.2, 0.25) is 0 Å². The van der Waals surface area contributed by atoms with Gasteiger partial charge in [0.05, 0.1) is 22.7 Å². The summed E-state index contributed by atoms with van der Waals surface area (Å²) in [4.78, 5) is 8.77. The molecule has 7 aromatic rings. The number of azo groups is 2. The molecule has 2 heterocycles. The Bertz CT molecular complexity index is 2530. The SMILES string of the molecule is Cc1ccc(S(=O)(=O)Oc2ccc(N=Nc3ccc(N=Nc4ccc(OS(=O)(=O)c5ccc(C)cc5)c5ncccc45)cc3)c3cccnc23)cc1. The van der Waals surface area contributed by atoms with E-state index >= 15 is 0 Å². The highest BCUT2D eigenvalue weighted by molar-refractivity contribution is 7.87. The predicted molar refractivity (Wildman–Crippen MR) is 196 cm³/mol. The molecule has 0 saturated heterocycles. The van der Waals surface area contributed by atoms with Crippen LogP contribution in [0.5, 0.6) is 11.5 Å². The molecule has 52 heavy (non-hydrogen) atoms. The summed E-state index contributed by atoms with van der Waals surface area (Å²) < 4.78 is 62.7. The molecule has 0 amide bonds. The van der Waals surface area contributed by atoms with Gasteiger partial charge in [0.1, 0.15) is 20.8 Å². The third-order valence-corrected chi connectivity index (χ3v) is 10.3. The molecular weight excluding hydrogens is 701 g/mol. The van der Waals surface area contributed by atoms with Crippen LogP contribution >= 0.6 is 0 Å². The average molecular weight is 729 g/mol. The third kappa shape index (κ3) is 7.38. The van der Waals surface area contributed by atoms with E-state index < -0.39 is 20.2 Å². The molecule has 0 unspecified atom stereocenters. The summed E-state index contributed by atoms with van der Waals surface area (Å²) in [7, 11) is -8.18. The lowest BCUT2D eigenvalue weighted by Gasteiger charge is -2.10. The van der Waals surface area contributed by atoms with Crippen molar-refractivity contribution in [2.45, 2.75) is 23.6 Å². The van der Waals surface area contributed by atoms with Gasteiger partial charge in [-0.1, -0.05) is 35.4 Å². The van der Waals surface area contributed by atoms with Crippen LogP contribution < -0.4 is 8.37 Å². The van der Waals surface area contributed by atoms with Crippen molar-refractivity contribution in [2.75, 3.05) is 0 Å². The van der Waals surface area contributed by atoms with Gasteiger partial charge in [-0.05, 0) is 111 Å². The second-order valence-electron chi connectivity index (χ2n) is 11.6. The molecule has 5 aromatic carbocycles. The van der Waals surface area contributed by atoms with Crippen molar-refractivity contribution < 1.29 is 25.2 Å². The molecule has 0 N–H and O–H groups in total. The monoisotopic (exact) mass is 728 g/mol. The van der Waals surface area contributed by atoms with Crippen molar-refractivity contribution in [1.29, 1.82) is 0 Å². The van der Waals surface area contributed by atoms with Gasteiger partial charge in [0.15, 0.2) is 11.5 Å². The summed E-state index contributed by atoms with van der Waals surface area (Å²) in [6, 6.07) is 32.8. The second-order valence-corrected chi connectivity index (χ2v) is 14.7. The predicted octanol–water partition coefficient (Wildman–Crippen LogP) is 9.77. The Labute approximate surface area is 299 Å². The summed E-state index contributed by atoms with van der Waals surface area (Å²) >= 11 is 0. The minimum Gasteiger partial charge on any atom is -0.377 e.